The van der Waals surface area contributed by atoms with E-state index in [0.29, 0.717) is 12.1 Å². The highest BCUT2D eigenvalue weighted by Crippen LogP contribution is 2.25. The van der Waals surface area contributed by atoms with Crippen LogP contribution in [0.2, 0.25) is 0 Å². The average molecular weight is 390 g/mol. The van der Waals surface area contributed by atoms with Gasteiger partial charge in [0.1, 0.15) is 28.1 Å². The Kier molecular flexibility index (Phi) is 5.48. The maximum absolute atomic E-state index is 14.1. The van der Waals surface area contributed by atoms with Gasteiger partial charge in [0.15, 0.2) is 5.96 Å². The number of carbonyl (C=O) groups excluding carboxylic acids is 1. The molecule has 13 heteroatoms. The molecular weight excluding hydrogens is 378 g/mol. The van der Waals surface area contributed by atoms with Gasteiger partial charge in [-0.3, -0.25) is 14.5 Å². The Morgan fingerprint density at radius 2 is 2.00 bits per heavy atom. The summed E-state index contributed by atoms with van der Waals surface area (Å²) < 4.78 is 54.4. The fourth-order valence-corrected chi connectivity index (χ4v) is 3.52. The number of anilines is 2. The van der Waals surface area contributed by atoms with Gasteiger partial charge < -0.3 is 16.8 Å². The molecule has 0 aliphatic rings. The van der Waals surface area contributed by atoms with Crippen LogP contribution in [0.5, 0.6) is 0 Å². The second kappa shape index (κ2) is 7.40. The second-order valence-corrected chi connectivity index (χ2v) is 7.06. The van der Waals surface area contributed by atoms with Gasteiger partial charge in [0.2, 0.25) is 5.91 Å². The molecule has 134 valence electrons. The third kappa shape index (κ3) is 4.84. The molecule has 6 N–H and O–H groups in total. The zero-order chi connectivity index (χ0) is 18.6. The molecule has 9 nitrogen and oxygen atoms in total. The number of hydrogen-bond acceptors (Lipinski definition) is 6. The molecule has 1 heterocycles. The number of guanidine groups is 1. The predicted molar refractivity (Wildman–Crippen MR) is 88.6 cm³/mol. The largest absolute Gasteiger partial charge is 0.370 e. The highest BCUT2D eigenvalue weighted by atomic mass is 32.2. The molecule has 0 atom stereocenters. The first kappa shape index (κ1) is 18.5. The van der Waals surface area contributed by atoms with E-state index in [9.17, 15) is 22.0 Å². The van der Waals surface area contributed by atoms with Crippen molar-refractivity contribution in [3.8, 4) is 0 Å². The van der Waals surface area contributed by atoms with Crippen LogP contribution in [-0.2, 0) is 14.8 Å². The third-order valence-corrected chi connectivity index (χ3v) is 4.86. The van der Waals surface area contributed by atoms with E-state index in [0.717, 1.165) is 11.3 Å². The molecule has 0 saturated heterocycles. The van der Waals surface area contributed by atoms with E-state index in [1.807, 2.05) is 5.32 Å². The molecule has 2 aromatic rings. The lowest BCUT2D eigenvalue weighted by atomic mass is 10.3. The van der Waals surface area contributed by atoms with Gasteiger partial charge in [-0.05, 0) is 6.07 Å². The normalized spacial score (nSPS) is 11.0. The van der Waals surface area contributed by atoms with Crippen LogP contribution < -0.4 is 21.5 Å². The molecule has 0 fully saturated rings. The first-order valence-corrected chi connectivity index (χ1v) is 8.81. The van der Waals surface area contributed by atoms with E-state index in [1.165, 1.54) is 11.7 Å². The smallest absolute Gasteiger partial charge is 0.265 e. The number of rotatable bonds is 6. The van der Waals surface area contributed by atoms with Gasteiger partial charge in [-0.15, -0.1) is 11.3 Å². The minimum absolute atomic E-state index is 0.134. The quantitative estimate of drug-likeness (QED) is 0.415. The summed E-state index contributed by atoms with van der Waals surface area (Å²) in [6.45, 7) is -0.504. The number of carbonyl (C=O) groups is 1. The van der Waals surface area contributed by atoms with Crippen LogP contribution in [0.25, 0.3) is 0 Å². The van der Waals surface area contributed by atoms with Crippen LogP contribution in [0, 0.1) is 11.6 Å². The van der Waals surface area contributed by atoms with E-state index in [4.69, 9.17) is 11.5 Å². The molecule has 0 bridgehead atoms. The molecule has 0 saturated carbocycles. The standard InChI is InChI=1S/C12H12F2N6O3S2/c13-6-2-9(25(22,23)20-11-4-17-5-24-11)7(14)1-8(6)19-10(21)3-18-12(15)16/h1-2,4-5,20H,3H2,(H,19,21)(H4,15,16,18). The van der Waals surface area contributed by atoms with Gasteiger partial charge in [-0.25, -0.2) is 22.2 Å². The summed E-state index contributed by atoms with van der Waals surface area (Å²) in [5.74, 6) is -3.57. The van der Waals surface area contributed by atoms with Crippen LogP contribution in [0.3, 0.4) is 0 Å². The summed E-state index contributed by atoms with van der Waals surface area (Å²) >= 11 is 0.966. The van der Waals surface area contributed by atoms with E-state index < -0.39 is 44.7 Å². The van der Waals surface area contributed by atoms with Crippen molar-refractivity contribution in [2.24, 2.45) is 16.5 Å². The number of benzene rings is 1. The molecule has 0 radical (unpaired) electrons. The Morgan fingerprint density at radius 1 is 1.28 bits per heavy atom. The van der Waals surface area contributed by atoms with Gasteiger partial charge in [0, 0.05) is 6.07 Å². The zero-order valence-electron chi connectivity index (χ0n) is 12.4. The lowest BCUT2D eigenvalue weighted by Crippen LogP contribution is -2.26. The number of amides is 1. The van der Waals surface area contributed by atoms with Crippen LogP contribution in [0.4, 0.5) is 19.5 Å². The first-order chi connectivity index (χ1) is 11.7. The Balaban J connectivity index is 2.25. The maximum Gasteiger partial charge on any atom is 0.265 e. The van der Waals surface area contributed by atoms with E-state index in [2.05, 4.69) is 14.7 Å². The highest BCUT2D eigenvalue weighted by molar-refractivity contribution is 7.93. The van der Waals surface area contributed by atoms with Gasteiger partial charge in [0.05, 0.1) is 17.4 Å². The summed E-state index contributed by atoms with van der Waals surface area (Å²) in [5.41, 5.74) is 10.9. The predicted octanol–water partition coefficient (Wildman–Crippen LogP) is 0.434. The van der Waals surface area contributed by atoms with Crippen molar-refractivity contribution in [2.75, 3.05) is 16.6 Å². The van der Waals surface area contributed by atoms with Crippen LogP contribution in [0.15, 0.2) is 33.7 Å². The summed E-state index contributed by atoms with van der Waals surface area (Å²) in [6, 6.07) is 0.999. The van der Waals surface area contributed by atoms with Gasteiger partial charge >= 0.3 is 0 Å². The minimum Gasteiger partial charge on any atom is -0.370 e. The highest BCUT2D eigenvalue weighted by Gasteiger charge is 2.23. The summed E-state index contributed by atoms with van der Waals surface area (Å²) in [5, 5.41) is 2.17. The SMILES string of the molecule is NC(N)=NCC(=O)Nc1cc(F)c(S(=O)(=O)Nc2cncs2)cc1F. The first-order valence-electron chi connectivity index (χ1n) is 6.44. The van der Waals surface area contributed by atoms with Crippen molar-refractivity contribution in [2.45, 2.75) is 4.90 Å². The Bertz CT molecular complexity index is 911. The van der Waals surface area contributed by atoms with E-state index >= 15 is 0 Å². The number of aromatic nitrogens is 1. The van der Waals surface area contributed by atoms with Gasteiger partial charge in [-0.1, -0.05) is 0 Å². The number of nitrogens with two attached hydrogens (primary N) is 2. The molecule has 0 aliphatic carbocycles. The molecular formula is C12H12F2N6O3S2. The molecule has 1 amide bonds. The number of thiazole rings is 1. The summed E-state index contributed by atoms with van der Waals surface area (Å²) in [6.07, 6.45) is 1.22. The van der Waals surface area contributed by atoms with Crippen LogP contribution in [-0.4, -0.2) is 31.8 Å². The number of nitrogens with one attached hydrogen (secondary N) is 2. The van der Waals surface area contributed by atoms with Crippen molar-refractivity contribution >= 4 is 43.9 Å². The molecule has 1 aromatic heterocycles. The fraction of sp³-hybridized carbons (Fsp3) is 0.0833. The van der Waals surface area contributed by atoms with E-state index in [1.54, 1.807) is 0 Å². The fourth-order valence-electron chi connectivity index (χ4n) is 1.64. The summed E-state index contributed by atoms with van der Waals surface area (Å²) in [4.78, 5) is 17.7. The lowest BCUT2D eigenvalue weighted by Gasteiger charge is -2.10. The maximum atomic E-state index is 14.1. The number of hydrogen-bond donors (Lipinski definition) is 4. The van der Waals surface area contributed by atoms with E-state index in [-0.39, 0.29) is 11.0 Å². The van der Waals surface area contributed by atoms with Gasteiger partial charge in [0.25, 0.3) is 10.0 Å². The lowest BCUT2D eigenvalue weighted by molar-refractivity contribution is -0.114. The number of aliphatic imine (C=N–C) groups is 1. The monoisotopic (exact) mass is 390 g/mol. The Labute approximate surface area is 144 Å². The molecule has 0 spiro atoms. The van der Waals surface area contributed by atoms with Crippen molar-refractivity contribution in [3.63, 3.8) is 0 Å². The number of nitrogens with zero attached hydrogens (tertiary/aromatic N) is 2. The Morgan fingerprint density at radius 3 is 2.60 bits per heavy atom. The van der Waals surface area contributed by atoms with Crippen molar-refractivity contribution in [1.29, 1.82) is 0 Å². The van der Waals surface area contributed by atoms with Crippen molar-refractivity contribution < 1.29 is 22.0 Å². The van der Waals surface area contributed by atoms with Crippen molar-refractivity contribution in [3.05, 3.63) is 35.5 Å². The topological polar surface area (TPSA) is 153 Å². The Hall–Kier alpha value is -2.80. The minimum atomic E-state index is -4.37. The number of sulfonamides is 1. The van der Waals surface area contributed by atoms with Crippen LogP contribution in [0.1, 0.15) is 0 Å². The number of halogens is 2. The molecule has 0 unspecified atom stereocenters. The molecule has 1 aromatic carbocycles. The summed E-state index contributed by atoms with van der Waals surface area (Å²) in [7, 11) is -4.37. The van der Waals surface area contributed by atoms with Crippen molar-refractivity contribution in [1.82, 2.24) is 4.98 Å². The molecule has 2 rings (SSSR count). The van der Waals surface area contributed by atoms with Crippen LogP contribution >= 0.6 is 11.3 Å². The third-order valence-electron chi connectivity index (χ3n) is 2.66. The molecule has 0 aliphatic heterocycles. The second-order valence-electron chi connectivity index (χ2n) is 4.52. The average Bonchev–Trinajstić information content (AvgIpc) is 3.00. The zero-order valence-corrected chi connectivity index (χ0v) is 14.0. The van der Waals surface area contributed by atoms with Gasteiger partial charge in [-0.2, -0.15) is 0 Å². The molecule has 25 heavy (non-hydrogen) atoms.